The summed E-state index contributed by atoms with van der Waals surface area (Å²) in [6, 6.07) is 29.4. The molecule has 4 aromatic rings. The van der Waals surface area contributed by atoms with Gasteiger partial charge in [-0.3, -0.25) is 9.78 Å². The number of carbonyl (C=O) groups excluding carboxylic acids is 1. The van der Waals surface area contributed by atoms with Gasteiger partial charge in [-0.05, 0) is 47.4 Å². The first-order valence-electron chi connectivity index (χ1n) is 10.9. The Morgan fingerprint density at radius 3 is 1.94 bits per heavy atom. The minimum Gasteiger partial charge on any atom is -0.485 e. The molecule has 1 heterocycles. The first-order chi connectivity index (χ1) is 16.3. The highest BCUT2D eigenvalue weighted by atomic mass is 16.5. The number of hydrogen-bond donors (Lipinski definition) is 1. The summed E-state index contributed by atoms with van der Waals surface area (Å²) < 4.78 is 12.2. The molecule has 0 bridgehead atoms. The van der Waals surface area contributed by atoms with Gasteiger partial charge in [0.1, 0.15) is 13.2 Å². The van der Waals surface area contributed by atoms with Crippen LogP contribution in [0.25, 0.3) is 0 Å². The van der Waals surface area contributed by atoms with Crippen molar-refractivity contribution in [1.82, 2.24) is 10.3 Å². The number of carbonyl (C=O) groups is 1. The SMILES string of the molecule is O=C(NCCc1ccc(OCc2ccccc2)c(OCc2ccccc2)c1)c1ccncc1. The molecule has 4 rings (SSSR count). The molecule has 0 fully saturated rings. The monoisotopic (exact) mass is 438 g/mol. The summed E-state index contributed by atoms with van der Waals surface area (Å²) in [6.07, 6.45) is 3.90. The van der Waals surface area contributed by atoms with Gasteiger partial charge >= 0.3 is 0 Å². The van der Waals surface area contributed by atoms with E-state index < -0.39 is 0 Å². The molecule has 0 aliphatic rings. The number of nitrogens with one attached hydrogen (secondary N) is 1. The number of hydrogen-bond acceptors (Lipinski definition) is 4. The van der Waals surface area contributed by atoms with Crippen molar-refractivity contribution in [1.29, 1.82) is 0 Å². The van der Waals surface area contributed by atoms with Crippen molar-refractivity contribution in [2.45, 2.75) is 19.6 Å². The molecular formula is C28H26N2O3. The van der Waals surface area contributed by atoms with E-state index in [-0.39, 0.29) is 5.91 Å². The molecule has 0 radical (unpaired) electrons. The van der Waals surface area contributed by atoms with Crippen LogP contribution in [-0.4, -0.2) is 17.4 Å². The van der Waals surface area contributed by atoms with Crippen LogP contribution in [0.2, 0.25) is 0 Å². The largest absolute Gasteiger partial charge is 0.485 e. The summed E-state index contributed by atoms with van der Waals surface area (Å²) in [5.41, 5.74) is 3.83. The van der Waals surface area contributed by atoms with E-state index in [0.29, 0.717) is 43.2 Å². The normalized spacial score (nSPS) is 10.4. The Morgan fingerprint density at radius 2 is 1.30 bits per heavy atom. The van der Waals surface area contributed by atoms with Crippen molar-refractivity contribution >= 4 is 5.91 Å². The third-order valence-corrected chi connectivity index (χ3v) is 5.12. The fraction of sp³-hybridized carbons (Fsp3) is 0.143. The highest BCUT2D eigenvalue weighted by molar-refractivity contribution is 5.93. The molecule has 1 N–H and O–H groups in total. The van der Waals surface area contributed by atoms with Gasteiger partial charge in [0.25, 0.3) is 5.91 Å². The number of benzene rings is 3. The van der Waals surface area contributed by atoms with Crippen molar-refractivity contribution in [2.75, 3.05) is 6.54 Å². The van der Waals surface area contributed by atoms with Gasteiger partial charge in [-0.1, -0.05) is 66.7 Å². The summed E-state index contributed by atoms with van der Waals surface area (Å²) in [5.74, 6) is 1.27. The fourth-order valence-corrected chi connectivity index (χ4v) is 3.34. The van der Waals surface area contributed by atoms with Crippen LogP contribution < -0.4 is 14.8 Å². The zero-order valence-electron chi connectivity index (χ0n) is 18.3. The number of nitrogens with zero attached hydrogens (tertiary/aromatic N) is 1. The van der Waals surface area contributed by atoms with Crippen LogP contribution >= 0.6 is 0 Å². The second-order valence-corrected chi connectivity index (χ2v) is 7.57. The molecule has 0 aliphatic carbocycles. The van der Waals surface area contributed by atoms with Gasteiger partial charge in [0.15, 0.2) is 11.5 Å². The fourth-order valence-electron chi connectivity index (χ4n) is 3.34. The predicted molar refractivity (Wildman–Crippen MR) is 128 cm³/mol. The van der Waals surface area contributed by atoms with Gasteiger partial charge in [-0.25, -0.2) is 0 Å². The van der Waals surface area contributed by atoms with Crippen LogP contribution in [-0.2, 0) is 19.6 Å². The molecule has 5 heteroatoms. The standard InChI is InChI=1S/C28H26N2O3/c31-28(25-14-16-29-17-15-25)30-18-13-22-11-12-26(32-20-23-7-3-1-4-8-23)27(19-22)33-21-24-9-5-2-6-10-24/h1-12,14-17,19H,13,18,20-21H2,(H,30,31). The second kappa shape index (κ2) is 11.5. The van der Waals surface area contributed by atoms with Crippen molar-refractivity contribution in [2.24, 2.45) is 0 Å². The van der Waals surface area contributed by atoms with Gasteiger partial charge < -0.3 is 14.8 Å². The maximum atomic E-state index is 12.3. The van der Waals surface area contributed by atoms with Gasteiger partial charge in [0, 0.05) is 24.5 Å². The summed E-state index contributed by atoms with van der Waals surface area (Å²) in [4.78, 5) is 16.2. The van der Waals surface area contributed by atoms with Crippen LogP contribution in [0.15, 0.2) is 103 Å². The minimum atomic E-state index is -0.110. The Kier molecular flexibility index (Phi) is 7.69. The van der Waals surface area contributed by atoms with Gasteiger partial charge in [0.05, 0.1) is 0 Å². The Balaban J connectivity index is 1.41. The van der Waals surface area contributed by atoms with E-state index in [1.165, 1.54) is 0 Å². The third-order valence-electron chi connectivity index (χ3n) is 5.12. The first-order valence-corrected chi connectivity index (χ1v) is 10.9. The smallest absolute Gasteiger partial charge is 0.251 e. The summed E-state index contributed by atoms with van der Waals surface area (Å²) >= 11 is 0. The molecule has 0 atom stereocenters. The lowest BCUT2D eigenvalue weighted by Crippen LogP contribution is -2.25. The molecule has 0 saturated carbocycles. The number of ether oxygens (including phenoxy) is 2. The Morgan fingerprint density at radius 1 is 0.697 bits per heavy atom. The maximum absolute atomic E-state index is 12.3. The zero-order chi connectivity index (χ0) is 22.7. The lowest BCUT2D eigenvalue weighted by Gasteiger charge is -2.15. The van der Waals surface area contributed by atoms with Crippen LogP contribution in [0, 0.1) is 0 Å². The molecule has 0 aliphatic heterocycles. The minimum absolute atomic E-state index is 0.110. The molecule has 5 nitrogen and oxygen atoms in total. The Labute approximate surface area is 194 Å². The molecule has 0 spiro atoms. The van der Waals surface area contributed by atoms with Gasteiger partial charge in [-0.2, -0.15) is 0 Å². The molecule has 3 aromatic carbocycles. The molecule has 1 aromatic heterocycles. The third kappa shape index (κ3) is 6.68. The van der Waals surface area contributed by atoms with Crippen molar-refractivity contribution in [3.05, 3.63) is 126 Å². The summed E-state index contributed by atoms with van der Waals surface area (Å²) in [6.45, 7) is 1.43. The lowest BCUT2D eigenvalue weighted by molar-refractivity contribution is 0.0954. The molecule has 33 heavy (non-hydrogen) atoms. The maximum Gasteiger partial charge on any atom is 0.251 e. The van der Waals surface area contributed by atoms with E-state index in [1.807, 2.05) is 78.9 Å². The van der Waals surface area contributed by atoms with Crippen LogP contribution in [0.3, 0.4) is 0 Å². The first kappa shape index (κ1) is 22.1. The second-order valence-electron chi connectivity index (χ2n) is 7.57. The van der Waals surface area contributed by atoms with Crippen molar-refractivity contribution in [3.8, 4) is 11.5 Å². The number of rotatable bonds is 10. The lowest BCUT2D eigenvalue weighted by atomic mass is 10.1. The highest BCUT2D eigenvalue weighted by Crippen LogP contribution is 2.30. The number of aromatic nitrogens is 1. The van der Waals surface area contributed by atoms with Gasteiger partial charge in [0.2, 0.25) is 0 Å². The van der Waals surface area contributed by atoms with Crippen LogP contribution in [0.4, 0.5) is 0 Å². The average Bonchev–Trinajstić information content (AvgIpc) is 2.88. The van der Waals surface area contributed by atoms with Gasteiger partial charge in [-0.15, -0.1) is 0 Å². The molecular weight excluding hydrogens is 412 g/mol. The molecule has 0 saturated heterocycles. The predicted octanol–water partition coefficient (Wildman–Crippen LogP) is 5.21. The number of amides is 1. The van der Waals surface area contributed by atoms with E-state index in [9.17, 15) is 4.79 Å². The summed E-state index contributed by atoms with van der Waals surface area (Å²) in [5, 5.41) is 2.95. The average molecular weight is 439 g/mol. The number of pyridine rings is 1. The quantitative estimate of drug-likeness (QED) is 0.369. The van der Waals surface area contributed by atoms with Crippen molar-refractivity contribution in [3.63, 3.8) is 0 Å². The van der Waals surface area contributed by atoms with E-state index >= 15 is 0 Å². The topological polar surface area (TPSA) is 60.5 Å². The van der Waals surface area contributed by atoms with E-state index in [0.717, 1.165) is 16.7 Å². The summed E-state index contributed by atoms with van der Waals surface area (Å²) in [7, 11) is 0. The van der Waals surface area contributed by atoms with E-state index in [2.05, 4.69) is 10.3 Å². The zero-order valence-corrected chi connectivity index (χ0v) is 18.3. The Hall–Kier alpha value is -4.12. The van der Waals surface area contributed by atoms with E-state index in [1.54, 1.807) is 24.5 Å². The molecule has 166 valence electrons. The van der Waals surface area contributed by atoms with Crippen LogP contribution in [0.5, 0.6) is 11.5 Å². The Bertz CT molecular complexity index is 1150. The molecule has 1 amide bonds. The van der Waals surface area contributed by atoms with Crippen molar-refractivity contribution < 1.29 is 14.3 Å². The highest BCUT2D eigenvalue weighted by Gasteiger charge is 2.09. The van der Waals surface area contributed by atoms with Crippen LogP contribution in [0.1, 0.15) is 27.0 Å². The molecule has 0 unspecified atom stereocenters. The van der Waals surface area contributed by atoms with E-state index in [4.69, 9.17) is 9.47 Å².